The molecular weight excluding hydrogens is 1160 g/mol. The number of sulfonamides is 1. The Hall–Kier alpha value is -6.40. The number of unbranched alkanes of at least 4 members (excludes halogenated alkanes) is 5. The monoisotopic (exact) mass is 1270 g/mol. The zero-order valence-corrected chi connectivity index (χ0v) is 57.5. The minimum absolute atomic E-state index is 0.0212. The van der Waals surface area contributed by atoms with E-state index in [1.54, 1.807) is 24.3 Å². The zero-order chi connectivity index (χ0) is 67.4. The first kappa shape index (κ1) is 76.8. The average molecular weight is 1270 g/mol. The fraction of sp³-hybridized carbons (Fsp3) is 0.708. The highest BCUT2D eigenvalue weighted by Crippen LogP contribution is 2.34. The van der Waals surface area contributed by atoms with Crippen LogP contribution in [0.5, 0.6) is 0 Å². The Bertz CT molecular complexity index is 2860. The van der Waals surface area contributed by atoms with Crippen molar-refractivity contribution in [1.82, 2.24) is 57.1 Å². The van der Waals surface area contributed by atoms with Crippen molar-refractivity contribution in [3.8, 4) is 0 Å². The molecule has 2 aromatic rings. The maximum atomic E-state index is 14.6. The minimum atomic E-state index is -4.21. The fourth-order valence-corrected chi connectivity index (χ4v) is 12.7. The molecule has 1 heterocycles. The Morgan fingerprint density at radius 2 is 1.07 bits per heavy atom. The first-order valence-corrected chi connectivity index (χ1v) is 33.4. The van der Waals surface area contributed by atoms with Gasteiger partial charge in [-0.1, -0.05) is 111 Å². The highest BCUT2D eigenvalue weighted by Gasteiger charge is 2.43. The summed E-state index contributed by atoms with van der Waals surface area (Å²) in [6.45, 7) is 24.7. The van der Waals surface area contributed by atoms with Crippen molar-refractivity contribution in [3.05, 3.63) is 36.4 Å². The van der Waals surface area contributed by atoms with Gasteiger partial charge < -0.3 is 57.7 Å². The van der Waals surface area contributed by atoms with E-state index >= 15 is 0 Å². The molecule has 0 saturated carbocycles. The van der Waals surface area contributed by atoms with Crippen LogP contribution in [0, 0.1) is 17.8 Å². The van der Waals surface area contributed by atoms with Gasteiger partial charge in [0.2, 0.25) is 63.2 Å². The molecule has 0 radical (unpaired) electrons. The van der Waals surface area contributed by atoms with Crippen LogP contribution in [0.3, 0.4) is 0 Å². The van der Waals surface area contributed by atoms with E-state index in [0.717, 1.165) is 43.2 Å². The van der Waals surface area contributed by atoms with Gasteiger partial charge >= 0.3 is 0 Å². The summed E-state index contributed by atoms with van der Waals surface area (Å²) in [6.07, 6.45) is 6.68. The summed E-state index contributed by atoms with van der Waals surface area (Å²) in [7, 11) is 3.33. The second-order valence-corrected chi connectivity index (χ2v) is 29.4. The summed E-state index contributed by atoms with van der Waals surface area (Å²) in [5, 5.41) is 26.4. The quantitative estimate of drug-likeness (QED) is 0.0396. The predicted molar refractivity (Wildman–Crippen MR) is 350 cm³/mol. The molecule has 0 aliphatic carbocycles. The van der Waals surface area contributed by atoms with E-state index in [0.29, 0.717) is 24.8 Å². The summed E-state index contributed by atoms with van der Waals surface area (Å²) in [5.74, 6) is -5.98. The van der Waals surface area contributed by atoms with Crippen molar-refractivity contribution in [3.63, 3.8) is 0 Å². The second kappa shape index (κ2) is 34.7. The highest BCUT2D eigenvalue weighted by atomic mass is 32.2. The summed E-state index contributed by atoms with van der Waals surface area (Å²) in [6, 6.07) is 4.64. The van der Waals surface area contributed by atoms with E-state index in [9.17, 15) is 51.6 Å². The van der Waals surface area contributed by atoms with Gasteiger partial charge in [0, 0.05) is 62.7 Å². The first-order valence-electron chi connectivity index (χ1n) is 32.0. The largest absolute Gasteiger partial charge is 0.377 e. The number of hydrogen-bond acceptors (Lipinski definition) is 13. The van der Waals surface area contributed by atoms with Crippen LogP contribution in [0.25, 0.3) is 10.8 Å². The smallest absolute Gasteiger partial charge is 0.246 e. The van der Waals surface area contributed by atoms with Gasteiger partial charge in [0.1, 0.15) is 46.8 Å². The number of amides is 9. The molecule has 9 amide bonds. The molecule has 2 aromatic carbocycles. The van der Waals surface area contributed by atoms with Gasteiger partial charge in [-0.2, -0.15) is 4.31 Å². The predicted octanol–water partition coefficient (Wildman–Crippen LogP) is 5.14. The van der Waals surface area contributed by atoms with Crippen LogP contribution in [0.15, 0.2) is 41.3 Å². The van der Waals surface area contributed by atoms with Crippen molar-refractivity contribution >= 4 is 79.6 Å². The Morgan fingerprint density at radius 3 is 1.61 bits per heavy atom. The van der Waals surface area contributed by atoms with Crippen molar-refractivity contribution in [2.45, 2.75) is 238 Å². The van der Waals surface area contributed by atoms with Crippen molar-refractivity contribution < 1.29 is 51.6 Å². The van der Waals surface area contributed by atoms with E-state index in [1.807, 2.05) is 98.6 Å². The second-order valence-electron chi connectivity index (χ2n) is 27.5. The molecule has 1 aliphatic heterocycles. The van der Waals surface area contributed by atoms with Crippen LogP contribution in [0.1, 0.15) is 180 Å². The van der Waals surface area contributed by atoms with Crippen molar-refractivity contribution in [2.24, 2.45) is 17.8 Å². The van der Waals surface area contributed by atoms with Crippen molar-refractivity contribution in [1.29, 1.82) is 0 Å². The van der Waals surface area contributed by atoms with E-state index in [2.05, 4.69) is 54.8 Å². The van der Waals surface area contributed by atoms with Gasteiger partial charge in [-0.15, -0.1) is 0 Å². The topological polar surface area (TPSA) is 306 Å². The molecule has 0 spiro atoms. The summed E-state index contributed by atoms with van der Waals surface area (Å²) < 4.78 is 30.4. The maximum Gasteiger partial charge on any atom is 0.246 e. The molecule has 1 saturated heterocycles. The Kier molecular flexibility index (Phi) is 30.0. The lowest BCUT2D eigenvalue weighted by Crippen LogP contribution is -2.65. The van der Waals surface area contributed by atoms with Crippen molar-refractivity contribution in [2.75, 3.05) is 52.7 Å². The Morgan fingerprint density at radius 1 is 0.573 bits per heavy atom. The van der Waals surface area contributed by atoms with Crippen LogP contribution in [-0.4, -0.2) is 171 Å². The molecule has 1 aliphatic rings. The molecule has 1 fully saturated rings. The molecule has 3 rings (SSSR count). The molecular formula is C65H110N12O11S. The average Bonchev–Trinajstić information content (AvgIpc) is 1.77. The van der Waals surface area contributed by atoms with Gasteiger partial charge in [-0.3, -0.25) is 43.2 Å². The lowest BCUT2D eigenvalue weighted by atomic mass is 9.96. The molecule has 24 heteroatoms. The number of nitrogens with one attached hydrogen (secondary N) is 9. The standard InChI is InChI=1S/C65H110N12O11S/c1-19-20-21-22-23-24-30-47(68-59(83)52-32-27-36-77(52)89(87,88)53-33-26-28-45-46(53)29-25-31-51(45)76(17)18)55(79)69-49(38-42(4)5)57(81)72-64(11,12)61(85)71-48(37-41(2)3)56(80)70-50(39-43(6)7)58(82)73-65(13,14)62(86)74-63(9,10)60(84)66-35-34-54(78)67-44(8)40-75(15)16/h25-26,28-29,31,33,41-44,47-50,52H,19-24,27,30,32,34-40H2,1-18H3,(H,66,84)(H,67,78)(H,68,83)(H,69,79)(H,70,80)(H,71,85)(H,72,81)(H,73,82)(H,74,86)/t44?,47?,48?,49?,50?,52-/m0/s1. The molecule has 0 aromatic heterocycles. The third-order valence-corrected chi connectivity index (χ3v) is 17.6. The Balaban J connectivity index is 1.79. The number of likely N-dealkylation sites (N-methyl/N-ethyl adjacent to an activating group) is 1. The number of benzene rings is 2. The number of nitrogens with zero attached hydrogens (tertiary/aromatic N) is 3. The van der Waals surface area contributed by atoms with Crippen LogP contribution >= 0.6 is 0 Å². The number of carbonyl (C=O) groups excluding carboxylic acids is 9. The lowest BCUT2D eigenvalue weighted by molar-refractivity contribution is -0.139. The van der Waals surface area contributed by atoms with E-state index in [1.165, 1.54) is 45.8 Å². The zero-order valence-electron chi connectivity index (χ0n) is 56.7. The Labute approximate surface area is 531 Å². The summed E-state index contributed by atoms with van der Waals surface area (Å²) in [4.78, 5) is 130. The van der Waals surface area contributed by atoms with Crippen LogP contribution in [0.4, 0.5) is 5.69 Å². The fourth-order valence-electron chi connectivity index (χ4n) is 10.8. The number of fused-ring (bicyclic) bond motifs is 1. The van der Waals surface area contributed by atoms with Gasteiger partial charge in [-0.05, 0) is 131 Å². The SMILES string of the molecule is CCCCCCCCC(NC(=O)[C@@H]1CCCN1S(=O)(=O)c1cccc2c(N(C)C)cccc12)C(=O)NC(CC(C)C)C(=O)NC(C)(C)C(=O)NC(CC(C)C)C(=O)NC(CC(C)C)C(=O)NC(C)(C)C(=O)NC(C)(C)C(=O)NCCC(=O)NC(C)CN(C)C. The van der Waals surface area contributed by atoms with Crippen LogP contribution in [-0.2, 0) is 53.2 Å². The number of anilines is 1. The normalized spacial score (nSPS) is 15.8. The van der Waals surface area contributed by atoms with E-state index < -0.39 is 104 Å². The molecule has 502 valence electrons. The first-order chi connectivity index (χ1) is 41.3. The molecule has 0 bridgehead atoms. The molecule has 23 nitrogen and oxygen atoms in total. The van der Waals surface area contributed by atoms with Gasteiger partial charge in [0.05, 0.1) is 4.90 Å². The lowest BCUT2D eigenvalue weighted by Gasteiger charge is -2.34. The van der Waals surface area contributed by atoms with Crippen LogP contribution in [0.2, 0.25) is 0 Å². The maximum absolute atomic E-state index is 14.6. The molecule has 6 atom stereocenters. The summed E-state index contributed by atoms with van der Waals surface area (Å²) in [5.41, 5.74) is -3.90. The van der Waals surface area contributed by atoms with Gasteiger partial charge in [0.15, 0.2) is 0 Å². The van der Waals surface area contributed by atoms with Crippen LogP contribution < -0.4 is 52.8 Å². The number of carbonyl (C=O) groups is 9. The van der Waals surface area contributed by atoms with E-state index in [-0.39, 0.29) is 86.2 Å². The minimum Gasteiger partial charge on any atom is -0.377 e. The molecule has 89 heavy (non-hydrogen) atoms. The van der Waals surface area contributed by atoms with Gasteiger partial charge in [-0.25, -0.2) is 8.42 Å². The third-order valence-electron chi connectivity index (χ3n) is 15.6. The number of rotatable bonds is 37. The number of hydrogen-bond donors (Lipinski definition) is 9. The summed E-state index contributed by atoms with van der Waals surface area (Å²) >= 11 is 0. The molecule has 5 unspecified atom stereocenters. The third kappa shape index (κ3) is 24.1. The van der Waals surface area contributed by atoms with Gasteiger partial charge in [0.25, 0.3) is 0 Å². The molecule has 9 N–H and O–H groups in total. The van der Waals surface area contributed by atoms with E-state index in [4.69, 9.17) is 0 Å². The highest BCUT2D eigenvalue weighted by molar-refractivity contribution is 7.89.